The Morgan fingerprint density at radius 2 is 2.11 bits per heavy atom. The van der Waals surface area contributed by atoms with Crippen molar-refractivity contribution < 1.29 is 9.84 Å². The molecule has 0 unspecified atom stereocenters. The lowest BCUT2D eigenvalue weighted by Gasteiger charge is -2.07. The minimum absolute atomic E-state index is 0.256. The Morgan fingerprint density at radius 3 is 2.89 bits per heavy atom. The van der Waals surface area contributed by atoms with E-state index >= 15 is 0 Å². The van der Waals surface area contributed by atoms with Crippen LogP contribution in [0.5, 0.6) is 11.6 Å². The molecule has 0 amide bonds. The minimum Gasteiger partial charge on any atom is -0.508 e. The van der Waals surface area contributed by atoms with Crippen molar-refractivity contribution in [1.82, 2.24) is 9.97 Å². The predicted molar refractivity (Wildman–Crippen MR) is 68.6 cm³/mol. The molecule has 0 fully saturated rings. The normalized spacial score (nSPS) is 10.1. The third kappa shape index (κ3) is 3.10. The van der Waals surface area contributed by atoms with Crippen LogP contribution in [0.1, 0.15) is 12.5 Å². The first-order chi connectivity index (χ1) is 8.79. The first-order valence-electron chi connectivity index (χ1n) is 5.76. The number of hydrogen-bond donors (Lipinski definition) is 2. The molecule has 0 aliphatic carbocycles. The SMILES string of the molecule is CCOc1ccnc(NCc2ccccc2O)n1. The number of hydrogen-bond acceptors (Lipinski definition) is 5. The molecular formula is C13H15N3O2. The minimum atomic E-state index is 0.256. The van der Waals surface area contributed by atoms with Crippen molar-refractivity contribution in [2.24, 2.45) is 0 Å². The highest BCUT2D eigenvalue weighted by Crippen LogP contribution is 2.17. The van der Waals surface area contributed by atoms with Gasteiger partial charge in [0.2, 0.25) is 11.8 Å². The lowest BCUT2D eigenvalue weighted by Crippen LogP contribution is -2.05. The van der Waals surface area contributed by atoms with E-state index in [2.05, 4.69) is 15.3 Å². The Hall–Kier alpha value is -2.30. The van der Waals surface area contributed by atoms with Crippen LogP contribution >= 0.6 is 0 Å². The van der Waals surface area contributed by atoms with E-state index in [0.29, 0.717) is 25.0 Å². The number of para-hydroxylation sites is 1. The van der Waals surface area contributed by atoms with Gasteiger partial charge in [-0.25, -0.2) is 4.98 Å². The molecular weight excluding hydrogens is 230 g/mol. The monoisotopic (exact) mass is 245 g/mol. The molecule has 2 N–H and O–H groups in total. The van der Waals surface area contributed by atoms with Crippen molar-refractivity contribution >= 4 is 5.95 Å². The zero-order valence-corrected chi connectivity index (χ0v) is 10.1. The van der Waals surface area contributed by atoms with Crippen LogP contribution in [0.4, 0.5) is 5.95 Å². The van der Waals surface area contributed by atoms with Crippen molar-refractivity contribution in [1.29, 1.82) is 0 Å². The number of aromatic nitrogens is 2. The van der Waals surface area contributed by atoms with Crippen molar-refractivity contribution in [2.75, 3.05) is 11.9 Å². The predicted octanol–water partition coefficient (Wildman–Crippen LogP) is 2.19. The third-order valence-corrected chi connectivity index (χ3v) is 2.35. The van der Waals surface area contributed by atoms with Gasteiger partial charge in [-0.05, 0) is 13.0 Å². The van der Waals surface area contributed by atoms with E-state index in [-0.39, 0.29) is 5.75 Å². The van der Waals surface area contributed by atoms with Crippen molar-refractivity contribution in [3.63, 3.8) is 0 Å². The third-order valence-electron chi connectivity index (χ3n) is 2.35. The molecule has 5 nitrogen and oxygen atoms in total. The average Bonchev–Trinajstić information content (AvgIpc) is 2.39. The topological polar surface area (TPSA) is 67.3 Å². The zero-order valence-electron chi connectivity index (χ0n) is 10.1. The van der Waals surface area contributed by atoms with Gasteiger partial charge in [-0.2, -0.15) is 4.98 Å². The summed E-state index contributed by atoms with van der Waals surface area (Å²) >= 11 is 0. The molecule has 0 radical (unpaired) electrons. The van der Waals surface area contributed by atoms with E-state index in [9.17, 15) is 5.11 Å². The van der Waals surface area contributed by atoms with E-state index < -0.39 is 0 Å². The summed E-state index contributed by atoms with van der Waals surface area (Å²) in [7, 11) is 0. The van der Waals surface area contributed by atoms with Gasteiger partial charge in [-0.15, -0.1) is 0 Å². The van der Waals surface area contributed by atoms with Crippen LogP contribution in [-0.2, 0) is 6.54 Å². The smallest absolute Gasteiger partial charge is 0.226 e. The maximum Gasteiger partial charge on any atom is 0.226 e. The van der Waals surface area contributed by atoms with Gasteiger partial charge >= 0.3 is 0 Å². The summed E-state index contributed by atoms with van der Waals surface area (Å²) in [6, 6.07) is 8.84. The van der Waals surface area contributed by atoms with Crippen LogP contribution in [0.3, 0.4) is 0 Å². The molecule has 0 atom stereocenters. The Labute approximate surface area is 105 Å². The number of anilines is 1. The van der Waals surface area contributed by atoms with Crippen LogP contribution in [0.25, 0.3) is 0 Å². The zero-order chi connectivity index (χ0) is 12.8. The number of benzene rings is 1. The van der Waals surface area contributed by atoms with Crippen LogP contribution in [-0.4, -0.2) is 21.7 Å². The molecule has 94 valence electrons. The molecule has 5 heteroatoms. The molecule has 0 saturated heterocycles. The molecule has 18 heavy (non-hydrogen) atoms. The van der Waals surface area contributed by atoms with E-state index in [0.717, 1.165) is 5.56 Å². The van der Waals surface area contributed by atoms with Gasteiger partial charge in [0, 0.05) is 24.4 Å². The number of rotatable bonds is 5. The van der Waals surface area contributed by atoms with Gasteiger partial charge in [-0.3, -0.25) is 0 Å². The number of nitrogens with one attached hydrogen (secondary N) is 1. The quantitative estimate of drug-likeness (QED) is 0.845. The summed E-state index contributed by atoms with van der Waals surface area (Å²) in [4.78, 5) is 8.26. The molecule has 0 bridgehead atoms. The summed E-state index contributed by atoms with van der Waals surface area (Å²) in [5, 5.41) is 12.7. The Bertz CT molecular complexity index is 517. The van der Waals surface area contributed by atoms with Crippen LogP contribution in [0.2, 0.25) is 0 Å². The Balaban J connectivity index is 2.02. The average molecular weight is 245 g/mol. The van der Waals surface area contributed by atoms with Gasteiger partial charge in [0.25, 0.3) is 0 Å². The Kier molecular flexibility index (Phi) is 3.96. The second-order valence-electron chi connectivity index (χ2n) is 3.63. The second kappa shape index (κ2) is 5.86. The van der Waals surface area contributed by atoms with Gasteiger partial charge in [0.1, 0.15) is 5.75 Å². The van der Waals surface area contributed by atoms with Gasteiger partial charge < -0.3 is 15.2 Å². The van der Waals surface area contributed by atoms with E-state index in [4.69, 9.17) is 4.74 Å². The highest BCUT2D eigenvalue weighted by atomic mass is 16.5. The summed E-state index contributed by atoms with van der Waals surface area (Å²) in [5.74, 6) is 1.27. The van der Waals surface area contributed by atoms with Gasteiger partial charge in [0.15, 0.2) is 0 Å². The van der Waals surface area contributed by atoms with Gasteiger partial charge in [-0.1, -0.05) is 18.2 Å². The molecule has 0 saturated carbocycles. The standard InChI is InChI=1S/C13H15N3O2/c1-2-18-12-7-8-14-13(16-12)15-9-10-5-3-4-6-11(10)17/h3-8,17H,2,9H2,1H3,(H,14,15,16). The largest absolute Gasteiger partial charge is 0.508 e. The maximum absolute atomic E-state index is 9.62. The second-order valence-corrected chi connectivity index (χ2v) is 3.63. The molecule has 0 spiro atoms. The van der Waals surface area contributed by atoms with Crippen molar-refractivity contribution in [3.05, 3.63) is 42.1 Å². The summed E-state index contributed by atoms with van der Waals surface area (Å²) in [5.41, 5.74) is 0.794. The number of phenolic OH excluding ortho intramolecular Hbond substituents is 1. The molecule has 2 aromatic rings. The lowest BCUT2D eigenvalue weighted by atomic mass is 10.2. The van der Waals surface area contributed by atoms with Crippen LogP contribution in [0.15, 0.2) is 36.5 Å². The first kappa shape index (κ1) is 12.2. The molecule has 0 aliphatic heterocycles. The molecule has 2 rings (SSSR count). The fourth-order valence-corrected chi connectivity index (χ4v) is 1.49. The molecule has 1 aromatic heterocycles. The van der Waals surface area contributed by atoms with Crippen LogP contribution < -0.4 is 10.1 Å². The van der Waals surface area contributed by atoms with Crippen molar-refractivity contribution in [3.8, 4) is 11.6 Å². The molecule has 1 heterocycles. The highest BCUT2D eigenvalue weighted by molar-refractivity contribution is 5.36. The number of ether oxygens (including phenoxy) is 1. The summed E-state index contributed by atoms with van der Waals surface area (Å²) in [6.45, 7) is 2.93. The fourth-order valence-electron chi connectivity index (χ4n) is 1.49. The van der Waals surface area contributed by atoms with E-state index in [1.165, 1.54) is 0 Å². The highest BCUT2D eigenvalue weighted by Gasteiger charge is 2.02. The molecule has 0 aliphatic rings. The fraction of sp³-hybridized carbons (Fsp3) is 0.231. The Morgan fingerprint density at radius 1 is 1.28 bits per heavy atom. The number of phenols is 1. The lowest BCUT2D eigenvalue weighted by molar-refractivity contribution is 0.326. The maximum atomic E-state index is 9.62. The summed E-state index contributed by atoms with van der Waals surface area (Å²) < 4.78 is 5.28. The first-order valence-corrected chi connectivity index (χ1v) is 5.76. The van der Waals surface area contributed by atoms with Crippen LogP contribution in [0, 0.1) is 0 Å². The van der Waals surface area contributed by atoms with E-state index in [1.807, 2.05) is 19.1 Å². The molecule has 1 aromatic carbocycles. The number of aromatic hydroxyl groups is 1. The summed E-state index contributed by atoms with van der Waals surface area (Å²) in [6.07, 6.45) is 1.63. The number of nitrogens with zero attached hydrogens (tertiary/aromatic N) is 2. The van der Waals surface area contributed by atoms with Gasteiger partial charge in [0.05, 0.1) is 6.61 Å². The van der Waals surface area contributed by atoms with E-state index in [1.54, 1.807) is 24.4 Å². The van der Waals surface area contributed by atoms with Crippen molar-refractivity contribution in [2.45, 2.75) is 13.5 Å².